The predicted molar refractivity (Wildman–Crippen MR) is 72.8 cm³/mol. The summed E-state index contributed by atoms with van der Waals surface area (Å²) in [7, 11) is 0. The summed E-state index contributed by atoms with van der Waals surface area (Å²) in [6.07, 6.45) is 4.71. The van der Waals surface area contributed by atoms with Crippen molar-refractivity contribution in [3.8, 4) is 0 Å². The standard InChI is InChI=1S/C13H21BrN2O/c1-2-8-16-9-4-3-5-10(15)13(16)11-6-7-12(14)17-11/h6-7,10,13H,2-5,8-9,15H2,1H3. The van der Waals surface area contributed by atoms with Crippen molar-refractivity contribution in [1.29, 1.82) is 0 Å². The number of nitrogens with zero attached hydrogens (tertiary/aromatic N) is 1. The summed E-state index contributed by atoms with van der Waals surface area (Å²) in [5.74, 6) is 1.000. The number of hydrogen-bond donors (Lipinski definition) is 1. The van der Waals surface area contributed by atoms with Crippen LogP contribution in [0.25, 0.3) is 0 Å². The molecule has 0 bridgehead atoms. The molecule has 1 fully saturated rings. The van der Waals surface area contributed by atoms with Crippen molar-refractivity contribution in [3.05, 3.63) is 22.6 Å². The molecule has 1 aromatic rings. The Morgan fingerprint density at radius 3 is 2.94 bits per heavy atom. The van der Waals surface area contributed by atoms with Gasteiger partial charge in [0.1, 0.15) is 5.76 Å². The molecule has 2 unspecified atom stereocenters. The molecule has 2 heterocycles. The molecule has 2 atom stereocenters. The van der Waals surface area contributed by atoms with E-state index in [2.05, 4.69) is 27.8 Å². The van der Waals surface area contributed by atoms with Gasteiger partial charge in [0.2, 0.25) is 0 Å². The highest BCUT2D eigenvalue weighted by atomic mass is 79.9. The van der Waals surface area contributed by atoms with E-state index in [1.165, 1.54) is 12.8 Å². The van der Waals surface area contributed by atoms with E-state index in [0.717, 1.165) is 36.4 Å². The molecule has 2 N–H and O–H groups in total. The molecule has 0 saturated carbocycles. The fraction of sp³-hybridized carbons (Fsp3) is 0.692. The van der Waals surface area contributed by atoms with E-state index in [4.69, 9.17) is 10.2 Å². The Bertz CT molecular complexity index is 353. The number of rotatable bonds is 3. The van der Waals surface area contributed by atoms with Crippen molar-refractivity contribution in [3.63, 3.8) is 0 Å². The first-order chi connectivity index (χ1) is 8.22. The van der Waals surface area contributed by atoms with Gasteiger partial charge in [-0.25, -0.2) is 0 Å². The van der Waals surface area contributed by atoms with E-state index >= 15 is 0 Å². The van der Waals surface area contributed by atoms with E-state index < -0.39 is 0 Å². The first-order valence-electron chi connectivity index (χ1n) is 6.47. The second kappa shape index (κ2) is 6.03. The Morgan fingerprint density at radius 1 is 1.47 bits per heavy atom. The molecule has 0 radical (unpaired) electrons. The van der Waals surface area contributed by atoms with Gasteiger partial charge in [-0.2, -0.15) is 0 Å². The maximum Gasteiger partial charge on any atom is 0.169 e. The lowest BCUT2D eigenvalue weighted by Gasteiger charge is -2.31. The van der Waals surface area contributed by atoms with Gasteiger partial charge in [0.05, 0.1) is 6.04 Å². The van der Waals surface area contributed by atoms with Crippen LogP contribution in [0.1, 0.15) is 44.4 Å². The number of likely N-dealkylation sites (tertiary alicyclic amines) is 1. The molecule has 0 aromatic carbocycles. The summed E-state index contributed by atoms with van der Waals surface area (Å²) in [4.78, 5) is 2.48. The van der Waals surface area contributed by atoms with Gasteiger partial charge in [-0.1, -0.05) is 13.3 Å². The molecule has 1 aromatic heterocycles. The monoisotopic (exact) mass is 300 g/mol. The van der Waals surface area contributed by atoms with E-state index in [9.17, 15) is 0 Å². The fourth-order valence-corrected chi connectivity index (χ4v) is 3.00. The molecule has 1 saturated heterocycles. The van der Waals surface area contributed by atoms with E-state index in [1.807, 2.05) is 12.1 Å². The number of furan rings is 1. The van der Waals surface area contributed by atoms with Crippen LogP contribution in [0.2, 0.25) is 0 Å². The Kier molecular flexibility index (Phi) is 4.65. The van der Waals surface area contributed by atoms with Crippen LogP contribution in [-0.4, -0.2) is 24.0 Å². The topological polar surface area (TPSA) is 42.4 Å². The molecule has 3 nitrogen and oxygen atoms in total. The molecule has 1 aliphatic heterocycles. The van der Waals surface area contributed by atoms with Crippen LogP contribution >= 0.6 is 15.9 Å². The third kappa shape index (κ3) is 3.12. The molecule has 17 heavy (non-hydrogen) atoms. The van der Waals surface area contributed by atoms with E-state index in [0.29, 0.717) is 0 Å². The van der Waals surface area contributed by atoms with Crippen LogP contribution in [0, 0.1) is 0 Å². The summed E-state index contributed by atoms with van der Waals surface area (Å²) in [5, 5.41) is 0. The van der Waals surface area contributed by atoms with Crippen LogP contribution in [0.3, 0.4) is 0 Å². The quantitative estimate of drug-likeness (QED) is 0.931. The summed E-state index contributed by atoms with van der Waals surface area (Å²) in [5.41, 5.74) is 6.32. The van der Waals surface area contributed by atoms with Crippen molar-refractivity contribution < 1.29 is 4.42 Å². The molecular formula is C13H21BrN2O. The first-order valence-corrected chi connectivity index (χ1v) is 7.26. The highest BCUT2D eigenvalue weighted by Crippen LogP contribution is 2.31. The minimum atomic E-state index is 0.182. The van der Waals surface area contributed by atoms with Gasteiger partial charge in [0, 0.05) is 6.04 Å². The summed E-state index contributed by atoms with van der Waals surface area (Å²) >= 11 is 3.37. The van der Waals surface area contributed by atoms with Crippen LogP contribution < -0.4 is 5.73 Å². The zero-order valence-corrected chi connectivity index (χ0v) is 11.9. The summed E-state index contributed by atoms with van der Waals surface area (Å²) in [6, 6.07) is 4.42. The largest absolute Gasteiger partial charge is 0.453 e. The van der Waals surface area contributed by atoms with Crippen LogP contribution in [0.15, 0.2) is 21.2 Å². The van der Waals surface area contributed by atoms with Crippen LogP contribution in [0.5, 0.6) is 0 Å². The minimum absolute atomic E-state index is 0.182. The number of nitrogens with two attached hydrogens (primary N) is 1. The van der Waals surface area contributed by atoms with Gasteiger partial charge >= 0.3 is 0 Å². The van der Waals surface area contributed by atoms with E-state index in [1.54, 1.807) is 0 Å². The lowest BCUT2D eigenvalue weighted by molar-refractivity contribution is 0.161. The predicted octanol–water partition coefficient (Wildman–Crippen LogP) is 3.31. The van der Waals surface area contributed by atoms with Crippen molar-refractivity contribution in [2.24, 2.45) is 5.73 Å². The Morgan fingerprint density at radius 2 is 2.29 bits per heavy atom. The van der Waals surface area contributed by atoms with Gasteiger partial charge in [0.15, 0.2) is 4.67 Å². The maximum absolute atomic E-state index is 6.32. The minimum Gasteiger partial charge on any atom is -0.453 e. The Balaban J connectivity index is 2.22. The molecule has 2 rings (SSSR count). The zero-order valence-electron chi connectivity index (χ0n) is 10.4. The third-order valence-electron chi connectivity index (χ3n) is 3.43. The second-order valence-electron chi connectivity index (χ2n) is 4.78. The average Bonchev–Trinajstić information content (AvgIpc) is 2.62. The van der Waals surface area contributed by atoms with Crippen LogP contribution in [0.4, 0.5) is 0 Å². The van der Waals surface area contributed by atoms with Crippen LogP contribution in [-0.2, 0) is 0 Å². The van der Waals surface area contributed by atoms with Gasteiger partial charge in [-0.15, -0.1) is 0 Å². The normalized spacial score (nSPS) is 27.0. The van der Waals surface area contributed by atoms with Crippen molar-refractivity contribution in [1.82, 2.24) is 4.90 Å². The molecular weight excluding hydrogens is 280 g/mol. The molecule has 0 spiro atoms. The summed E-state index contributed by atoms with van der Waals surface area (Å²) < 4.78 is 6.51. The molecule has 96 valence electrons. The third-order valence-corrected chi connectivity index (χ3v) is 3.85. The lowest BCUT2D eigenvalue weighted by atomic mass is 10.0. The van der Waals surface area contributed by atoms with Gasteiger partial charge in [0.25, 0.3) is 0 Å². The first kappa shape index (κ1) is 13.1. The molecule has 1 aliphatic rings. The number of hydrogen-bond acceptors (Lipinski definition) is 3. The second-order valence-corrected chi connectivity index (χ2v) is 5.56. The van der Waals surface area contributed by atoms with Crippen molar-refractivity contribution in [2.75, 3.05) is 13.1 Å². The van der Waals surface area contributed by atoms with Gasteiger partial charge < -0.3 is 10.2 Å². The lowest BCUT2D eigenvalue weighted by Crippen LogP contribution is -2.40. The summed E-state index contributed by atoms with van der Waals surface area (Å²) in [6.45, 7) is 4.44. The zero-order chi connectivity index (χ0) is 12.3. The Labute approximate surface area is 111 Å². The number of halogens is 1. The molecule has 0 aliphatic carbocycles. The highest BCUT2D eigenvalue weighted by Gasteiger charge is 2.30. The maximum atomic E-state index is 6.32. The smallest absolute Gasteiger partial charge is 0.169 e. The molecule has 0 amide bonds. The fourth-order valence-electron chi connectivity index (χ4n) is 2.68. The Hall–Kier alpha value is -0.320. The molecule has 4 heteroatoms. The van der Waals surface area contributed by atoms with E-state index in [-0.39, 0.29) is 12.1 Å². The SMILES string of the molecule is CCCN1CCCCC(N)C1c1ccc(Br)o1. The van der Waals surface area contributed by atoms with Crippen molar-refractivity contribution in [2.45, 2.75) is 44.7 Å². The average molecular weight is 301 g/mol. The van der Waals surface area contributed by atoms with Gasteiger partial charge in [-0.05, 0) is 60.4 Å². The highest BCUT2D eigenvalue weighted by molar-refractivity contribution is 9.10. The van der Waals surface area contributed by atoms with Crippen molar-refractivity contribution >= 4 is 15.9 Å². The van der Waals surface area contributed by atoms with Gasteiger partial charge in [-0.3, -0.25) is 4.90 Å².